The number of nitrogens with zero attached hydrogens (tertiary/aromatic N) is 4. The van der Waals surface area contributed by atoms with E-state index in [2.05, 4.69) is 29.9 Å². The molecule has 2 aromatic carbocycles. The number of aromatic nitrogens is 6. The second-order valence-corrected chi connectivity index (χ2v) is 13.4. The molecule has 53 heavy (non-hydrogen) atoms. The molecule has 8 N–H and O–H groups in total. The number of nitrogens with one attached hydrogen (secondary N) is 2. The third kappa shape index (κ3) is 12.0. The smallest absolute Gasteiger partial charge is 0.422 e. The van der Waals surface area contributed by atoms with Gasteiger partial charge >= 0.3 is 12.4 Å². The minimum atomic E-state index is -4.42. The second kappa shape index (κ2) is 18.7. The van der Waals surface area contributed by atoms with Crippen LogP contribution in [0.5, 0.6) is 11.5 Å². The monoisotopic (exact) mass is 792 g/mol. The van der Waals surface area contributed by atoms with Gasteiger partial charge in [0.1, 0.15) is 11.5 Å². The molecule has 0 amide bonds. The van der Waals surface area contributed by atoms with Crippen molar-refractivity contribution in [2.75, 3.05) is 13.2 Å². The van der Waals surface area contributed by atoms with Crippen molar-refractivity contribution in [2.45, 2.75) is 48.0 Å². The summed E-state index contributed by atoms with van der Waals surface area (Å²) in [5, 5.41) is 0.591. The molecule has 0 saturated heterocycles. The Balaban J connectivity index is 0.000000347. The first-order valence-corrected chi connectivity index (χ1v) is 17.2. The number of H-pyrrole nitrogens is 2. The van der Waals surface area contributed by atoms with Crippen LogP contribution in [0.25, 0.3) is 22.1 Å². The van der Waals surface area contributed by atoms with Crippen LogP contribution in [0.15, 0.2) is 83.4 Å². The number of para-hydroxylation sites is 4. The van der Waals surface area contributed by atoms with Crippen molar-refractivity contribution in [3.63, 3.8) is 0 Å². The Morgan fingerprint density at radius 2 is 0.962 bits per heavy atom. The summed E-state index contributed by atoms with van der Waals surface area (Å²) in [5.41, 5.74) is 4.57. The number of benzene rings is 2. The van der Waals surface area contributed by atoms with Crippen molar-refractivity contribution >= 4 is 43.7 Å². The third-order valence-corrected chi connectivity index (χ3v) is 9.32. The summed E-state index contributed by atoms with van der Waals surface area (Å²) in [6.07, 6.45) is -6.17. The summed E-state index contributed by atoms with van der Waals surface area (Å²) >= 11 is 0. The molecule has 0 aliphatic heterocycles. The van der Waals surface area contributed by atoms with Crippen molar-refractivity contribution in [2.24, 2.45) is 0 Å². The lowest BCUT2D eigenvalue weighted by atomic mass is 10.2. The zero-order valence-corrected chi connectivity index (χ0v) is 29.4. The molecule has 0 aliphatic carbocycles. The number of imidazole rings is 2. The van der Waals surface area contributed by atoms with Crippen LogP contribution in [0.3, 0.4) is 0 Å². The van der Waals surface area contributed by atoms with E-state index in [1.165, 1.54) is 24.5 Å². The van der Waals surface area contributed by atoms with Crippen LogP contribution in [-0.2, 0) is 33.1 Å². The van der Waals surface area contributed by atoms with Crippen LogP contribution >= 0.6 is 0 Å². The zero-order chi connectivity index (χ0) is 36.1. The maximum atomic E-state index is 12.5. The molecule has 4 heterocycles. The lowest BCUT2D eigenvalue weighted by Gasteiger charge is -2.13. The number of hydrogen-bond acceptors (Lipinski definition) is 8. The van der Waals surface area contributed by atoms with Crippen LogP contribution in [-0.4, -0.2) is 80.3 Å². The number of rotatable bonds is 10. The van der Waals surface area contributed by atoms with Crippen LogP contribution in [0.1, 0.15) is 22.5 Å². The molecule has 21 heteroatoms. The molecule has 4 aromatic heterocycles. The van der Waals surface area contributed by atoms with E-state index in [4.69, 9.17) is 9.47 Å². The molecule has 6 aromatic rings. The van der Waals surface area contributed by atoms with Gasteiger partial charge in [0, 0.05) is 23.5 Å². The van der Waals surface area contributed by atoms with E-state index in [1.54, 1.807) is 26.0 Å². The van der Waals surface area contributed by atoms with Crippen LogP contribution in [0.2, 0.25) is 0 Å². The highest BCUT2D eigenvalue weighted by Crippen LogP contribution is 2.26. The number of aromatic amines is 2. The van der Waals surface area contributed by atoms with Crippen molar-refractivity contribution in [3.8, 4) is 11.5 Å². The van der Waals surface area contributed by atoms with Crippen LogP contribution < -0.4 is 9.47 Å². The first-order chi connectivity index (χ1) is 23.7. The Morgan fingerprint density at radius 1 is 0.604 bits per heavy atom. The van der Waals surface area contributed by atoms with Crippen LogP contribution in [0, 0.1) is 13.8 Å². The molecule has 2 unspecified atom stereocenters. The van der Waals surface area contributed by atoms with Gasteiger partial charge in [-0.1, -0.05) is 24.3 Å². The maximum absolute atomic E-state index is 12.5. The molecule has 6 rings (SSSR count). The van der Waals surface area contributed by atoms with Gasteiger partial charge in [0.2, 0.25) is 0 Å². The van der Waals surface area contributed by atoms with Crippen molar-refractivity contribution in [3.05, 3.63) is 95.6 Å². The lowest BCUT2D eigenvalue weighted by molar-refractivity contribution is -0.154. The fourth-order valence-corrected chi connectivity index (χ4v) is 6.70. The summed E-state index contributed by atoms with van der Waals surface area (Å²) in [6.45, 7) is 0.404. The van der Waals surface area contributed by atoms with Crippen molar-refractivity contribution in [1.29, 1.82) is 0 Å². The predicted octanol–water partition coefficient (Wildman–Crippen LogP) is 4.56. The minimum absolute atomic E-state index is 0. The van der Waals surface area contributed by atoms with Gasteiger partial charge in [-0.05, 0) is 50.2 Å². The van der Waals surface area contributed by atoms with Gasteiger partial charge in [-0.15, -0.1) is 0 Å². The molecule has 288 valence electrons. The first-order valence-electron chi connectivity index (χ1n) is 14.6. The molecule has 0 radical (unpaired) electrons. The molecule has 0 aliphatic rings. The van der Waals surface area contributed by atoms with Crippen molar-refractivity contribution in [1.82, 2.24) is 29.9 Å². The highest BCUT2D eigenvalue weighted by Gasteiger charge is 2.30. The number of halogens is 6. The van der Waals surface area contributed by atoms with Gasteiger partial charge in [0.05, 0.1) is 66.6 Å². The molecule has 13 nitrogen and oxygen atoms in total. The molecular formula is C32H34F6N6O7S2. The average molecular weight is 793 g/mol. The number of hydrogen-bond donors (Lipinski definition) is 2. The van der Waals surface area contributed by atoms with Gasteiger partial charge in [-0.3, -0.25) is 18.4 Å². The first kappa shape index (κ1) is 44.2. The number of alkyl halides is 6. The van der Waals surface area contributed by atoms with Gasteiger partial charge in [-0.2, -0.15) is 26.3 Å². The van der Waals surface area contributed by atoms with E-state index in [0.29, 0.717) is 43.9 Å². The van der Waals surface area contributed by atoms with Gasteiger partial charge in [-0.25, -0.2) is 9.97 Å². The molecule has 2 atom stereocenters. The normalized spacial score (nSPS) is 12.4. The fraction of sp³-hybridized carbons (Fsp3) is 0.250. The standard InChI is InChI=1S/2C16H14F3N3O2S.3H2O/c2*1-10-13(20-7-6-14(10)24-9-16(17,18)19)8-25(23)15-21-11-4-2-3-5-12(11)22-15;;;/h2*2-7H,8-9H2,1H3,(H,21,22);3*1H2. The zero-order valence-electron chi connectivity index (χ0n) is 27.8. The molecule has 0 bridgehead atoms. The van der Waals surface area contributed by atoms with Gasteiger partial charge in [0.15, 0.2) is 23.5 Å². The highest BCUT2D eigenvalue weighted by molar-refractivity contribution is 7.84. The highest BCUT2D eigenvalue weighted by atomic mass is 32.2. The van der Waals surface area contributed by atoms with Gasteiger partial charge in [0.25, 0.3) is 0 Å². The Labute approximate surface area is 302 Å². The Kier molecular flexibility index (Phi) is 15.6. The predicted molar refractivity (Wildman–Crippen MR) is 184 cm³/mol. The van der Waals surface area contributed by atoms with E-state index in [0.717, 1.165) is 11.0 Å². The topological polar surface area (TPSA) is 230 Å². The fourth-order valence-electron chi connectivity index (χ4n) is 4.50. The van der Waals surface area contributed by atoms with E-state index >= 15 is 0 Å². The minimum Gasteiger partial charge on any atom is -0.484 e. The lowest BCUT2D eigenvalue weighted by Crippen LogP contribution is -2.20. The molecule has 0 saturated carbocycles. The van der Waals surface area contributed by atoms with E-state index in [-0.39, 0.29) is 39.4 Å². The largest absolute Gasteiger partial charge is 0.484 e. The van der Waals surface area contributed by atoms with Gasteiger partial charge < -0.3 is 35.9 Å². The maximum Gasteiger partial charge on any atom is 0.422 e. The number of fused-ring (bicyclic) bond motifs is 2. The Hall–Kier alpha value is -4.96. The third-order valence-electron chi connectivity index (χ3n) is 7.00. The Morgan fingerprint density at radius 3 is 1.30 bits per heavy atom. The Bertz CT molecular complexity index is 1940. The summed E-state index contributed by atoms with van der Waals surface area (Å²) in [4.78, 5) is 22.7. The summed E-state index contributed by atoms with van der Waals surface area (Å²) < 4.78 is 108. The summed E-state index contributed by atoms with van der Waals surface area (Å²) in [5.74, 6) is 0.192. The molecular weight excluding hydrogens is 759 g/mol. The van der Waals surface area contributed by atoms with Crippen LogP contribution in [0.4, 0.5) is 26.3 Å². The summed E-state index contributed by atoms with van der Waals surface area (Å²) in [6, 6.07) is 17.2. The van der Waals surface area contributed by atoms with E-state index < -0.39 is 47.2 Å². The second-order valence-electron chi connectivity index (χ2n) is 10.7. The SMILES string of the molecule is Cc1c(OCC(F)(F)F)ccnc1CS(=O)c1nc2ccccc2[nH]1.Cc1c(OCC(F)(F)F)ccnc1CS(=O)c1nc2ccccc2[nH]1.O.O.O. The molecule has 0 fully saturated rings. The average Bonchev–Trinajstić information content (AvgIpc) is 3.70. The van der Waals surface area contributed by atoms with E-state index in [1.807, 2.05) is 36.4 Å². The quantitative estimate of drug-likeness (QED) is 0.186. The number of pyridine rings is 2. The number of ether oxygens (including phenoxy) is 2. The van der Waals surface area contributed by atoms with E-state index in [9.17, 15) is 34.8 Å². The van der Waals surface area contributed by atoms with Crippen molar-refractivity contribution < 1.29 is 60.7 Å². The molecule has 0 spiro atoms. The summed E-state index contributed by atoms with van der Waals surface area (Å²) in [7, 11) is -3.03.